The predicted octanol–water partition coefficient (Wildman–Crippen LogP) is 5.42. The molecule has 0 spiro atoms. The Bertz CT molecular complexity index is 535. The number of hydrogen-bond donors (Lipinski definition) is 0. The number of halogens is 2. The Kier molecular flexibility index (Phi) is 4.46. The molecule has 3 heteroatoms. The molecule has 1 nitrogen and oxygen atoms in total. The summed E-state index contributed by atoms with van der Waals surface area (Å²) in [5, 5.41) is 0.875. The minimum absolute atomic E-state index is 0.875. The van der Waals surface area contributed by atoms with Crippen molar-refractivity contribution in [1.82, 2.24) is 0 Å². The van der Waals surface area contributed by atoms with Crippen LogP contribution in [0.2, 0.25) is 0 Å². The molecular weight excluding hydrogens is 354 g/mol. The van der Waals surface area contributed by atoms with Gasteiger partial charge in [0.05, 0.1) is 5.69 Å². The minimum Gasteiger partial charge on any atom is -0.344 e. The second kappa shape index (κ2) is 5.89. The highest BCUT2D eigenvalue weighted by Crippen LogP contribution is 2.32. The van der Waals surface area contributed by atoms with Crippen LogP contribution in [0.15, 0.2) is 46.9 Å². The predicted molar refractivity (Wildman–Crippen MR) is 86.0 cm³/mol. The van der Waals surface area contributed by atoms with Gasteiger partial charge in [0.25, 0.3) is 0 Å². The molecule has 0 saturated heterocycles. The zero-order valence-electron chi connectivity index (χ0n) is 10.5. The van der Waals surface area contributed by atoms with Crippen molar-refractivity contribution in [3.8, 4) is 0 Å². The molecule has 0 atom stereocenters. The summed E-state index contributed by atoms with van der Waals surface area (Å²) in [6, 6.07) is 15.0. The van der Waals surface area contributed by atoms with E-state index in [1.165, 1.54) is 22.5 Å². The highest BCUT2D eigenvalue weighted by molar-refractivity contribution is 9.10. The van der Waals surface area contributed by atoms with Crippen LogP contribution in [0.25, 0.3) is 0 Å². The van der Waals surface area contributed by atoms with Gasteiger partial charge in [-0.05, 0) is 52.7 Å². The normalized spacial score (nSPS) is 10.4. The van der Waals surface area contributed by atoms with Crippen LogP contribution in [0.1, 0.15) is 11.1 Å². The van der Waals surface area contributed by atoms with Crippen LogP contribution in [0, 0.1) is 6.92 Å². The smallest absolute Gasteiger partial charge is 0.0552 e. The zero-order chi connectivity index (χ0) is 13.1. The third-order valence-electron chi connectivity index (χ3n) is 2.95. The molecular formula is C15H15Br2N. The fourth-order valence-electron chi connectivity index (χ4n) is 1.81. The van der Waals surface area contributed by atoms with E-state index in [0.717, 1.165) is 9.80 Å². The van der Waals surface area contributed by atoms with Gasteiger partial charge in [-0.25, -0.2) is 0 Å². The maximum Gasteiger partial charge on any atom is 0.0552 e. The van der Waals surface area contributed by atoms with Crippen LogP contribution >= 0.6 is 31.9 Å². The van der Waals surface area contributed by atoms with Gasteiger partial charge in [0.15, 0.2) is 0 Å². The van der Waals surface area contributed by atoms with Crippen molar-refractivity contribution in [2.24, 2.45) is 0 Å². The Balaban J connectivity index is 2.33. The molecule has 2 aromatic carbocycles. The van der Waals surface area contributed by atoms with Crippen LogP contribution in [0.5, 0.6) is 0 Å². The lowest BCUT2D eigenvalue weighted by atomic mass is 10.2. The van der Waals surface area contributed by atoms with Crippen molar-refractivity contribution >= 4 is 43.2 Å². The maximum atomic E-state index is 3.64. The van der Waals surface area contributed by atoms with E-state index >= 15 is 0 Å². The van der Waals surface area contributed by atoms with Crippen LogP contribution in [0.3, 0.4) is 0 Å². The topological polar surface area (TPSA) is 3.24 Å². The minimum atomic E-state index is 0.875. The summed E-state index contributed by atoms with van der Waals surface area (Å²) in [5.41, 5.74) is 4.90. The van der Waals surface area contributed by atoms with E-state index < -0.39 is 0 Å². The lowest BCUT2D eigenvalue weighted by Crippen LogP contribution is -2.10. The SMILES string of the molecule is Cc1ccc(N(C)c2ccc(CBr)cc2Br)cc1. The number of aryl methyl sites for hydroxylation is 1. The number of nitrogens with zero attached hydrogens (tertiary/aromatic N) is 1. The molecule has 0 bridgehead atoms. The van der Waals surface area contributed by atoms with Gasteiger partial charge in [0.2, 0.25) is 0 Å². The first-order valence-corrected chi connectivity index (χ1v) is 7.68. The number of hydrogen-bond acceptors (Lipinski definition) is 1. The standard InChI is InChI=1S/C15H15Br2N/c1-11-3-6-13(7-4-11)18(2)15-8-5-12(10-16)9-14(15)17/h3-9H,10H2,1-2H3. The van der Waals surface area contributed by atoms with Gasteiger partial charge in [-0.3, -0.25) is 0 Å². The van der Waals surface area contributed by atoms with Crippen LogP contribution in [0.4, 0.5) is 11.4 Å². The third-order valence-corrected chi connectivity index (χ3v) is 4.23. The molecule has 0 aliphatic heterocycles. The average Bonchev–Trinajstić information content (AvgIpc) is 2.38. The molecule has 18 heavy (non-hydrogen) atoms. The fraction of sp³-hybridized carbons (Fsp3) is 0.200. The first-order valence-electron chi connectivity index (χ1n) is 5.76. The van der Waals surface area contributed by atoms with Gasteiger partial charge in [0, 0.05) is 22.5 Å². The monoisotopic (exact) mass is 367 g/mol. The van der Waals surface area contributed by atoms with Crippen LogP contribution in [-0.4, -0.2) is 7.05 Å². The lowest BCUT2D eigenvalue weighted by Gasteiger charge is -2.21. The first-order chi connectivity index (χ1) is 8.61. The second-order valence-electron chi connectivity index (χ2n) is 4.31. The van der Waals surface area contributed by atoms with Gasteiger partial charge in [-0.15, -0.1) is 0 Å². The van der Waals surface area contributed by atoms with Crippen molar-refractivity contribution < 1.29 is 0 Å². The van der Waals surface area contributed by atoms with Crippen LogP contribution in [-0.2, 0) is 5.33 Å². The summed E-state index contributed by atoms with van der Waals surface area (Å²) in [6.07, 6.45) is 0. The van der Waals surface area contributed by atoms with E-state index in [4.69, 9.17) is 0 Å². The van der Waals surface area contributed by atoms with E-state index in [-0.39, 0.29) is 0 Å². The number of benzene rings is 2. The largest absolute Gasteiger partial charge is 0.344 e. The lowest BCUT2D eigenvalue weighted by molar-refractivity contribution is 1.19. The van der Waals surface area contributed by atoms with E-state index in [1.807, 2.05) is 0 Å². The molecule has 0 heterocycles. The zero-order valence-corrected chi connectivity index (χ0v) is 13.6. The molecule has 0 aliphatic rings. The summed E-state index contributed by atoms with van der Waals surface area (Å²) in [6.45, 7) is 2.10. The Morgan fingerprint density at radius 2 is 1.72 bits per heavy atom. The van der Waals surface area contributed by atoms with Crippen molar-refractivity contribution in [3.63, 3.8) is 0 Å². The number of rotatable bonds is 3. The molecule has 0 radical (unpaired) electrons. The Morgan fingerprint density at radius 3 is 2.28 bits per heavy atom. The molecule has 0 fully saturated rings. The highest BCUT2D eigenvalue weighted by atomic mass is 79.9. The summed E-state index contributed by atoms with van der Waals surface area (Å²) in [5.74, 6) is 0. The highest BCUT2D eigenvalue weighted by Gasteiger charge is 2.08. The molecule has 0 N–H and O–H groups in total. The summed E-state index contributed by atoms with van der Waals surface area (Å²) in [7, 11) is 2.08. The van der Waals surface area contributed by atoms with Crippen molar-refractivity contribution in [1.29, 1.82) is 0 Å². The molecule has 2 rings (SSSR count). The van der Waals surface area contributed by atoms with Crippen molar-refractivity contribution in [2.45, 2.75) is 12.3 Å². The summed E-state index contributed by atoms with van der Waals surface area (Å²) in [4.78, 5) is 2.18. The van der Waals surface area contributed by atoms with Crippen molar-refractivity contribution in [2.75, 3.05) is 11.9 Å². The first kappa shape index (κ1) is 13.6. The van der Waals surface area contributed by atoms with Gasteiger partial charge < -0.3 is 4.90 Å². The molecule has 2 aromatic rings. The van der Waals surface area contributed by atoms with Crippen molar-refractivity contribution in [3.05, 3.63) is 58.1 Å². The van der Waals surface area contributed by atoms with Gasteiger partial charge >= 0.3 is 0 Å². The third kappa shape index (κ3) is 2.96. The second-order valence-corrected chi connectivity index (χ2v) is 5.73. The molecule has 0 aromatic heterocycles. The Hall–Kier alpha value is -0.800. The molecule has 0 amide bonds. The molecule has 0 aliphatic carbocycles. The average molecular weight is 369 g/mol. The quantitative estimate of drug-likeness (QED) is 0.653. The van der Waals surface area contributed by atoms with E-state index in [2.05, 4.69) is 93.2 Å². The fourth-order valence-corrected chi connectivity index (χ4v) is 2.85. The Labute approximate surface area is 125 Å². The van der Waals surface area contributed by atoms with Crippen LogP contribution < -0.4 is 4.90 Å². The number of alkyl halides is 1. The summed E-state index contributed by atoms with van der Waals surface area (Å²) >= 11 is 7.11. The van der Waals surface area contributed by atoms with E-state index in [9.17, 15) is 0 Å². The maximum absolute atomic E-state index is 3.64. The van der Waals surface area contributed by atoms with E-state index in [1.54, 1.807) is 0 Å². The summed E-state index contributed by atoms with van der Waals surface area (Å²) < 4.78 is 1.11. The molecule has 0 unspecified atom stereocenters. The molecule has 0 saturated carbocycles. The van der Waals surface area contributed by atoms with Gasteiger partial charge in [0.1, 0.15) is 0 Å². The Morgan fingerprint density at radius 1 is 1.06 bits per heavy atom. The number of anilines is 2. The van der Waals surface area contributed by atoms with E-state index in [0.29, 0.717) is 0 Å². The van der Waals surface area contributed by atoms with Gasteiger partial charge in [-0.2, -0.15) is 0 Å². The molecule has 94 valence electrons. The van der Waals surface area contributed by atoms with Gasteiger partial charge in [-0.1, -0.05) is 39.7 Å².